The third kappa shape index (κ3) is 5.26. The maximum absolute atomic E-state index is 13.2. The number of hydrogen-bond donors (Lipinski definition) is 3. The van der Waals surface area contributed by atoms with E-state index in [1.165, 1.54) is 37.0 Å². The fourth-order valence-electron chi connectivity index (χ4n) is 3.35. The largest absolute Gasteiger partial charge is 0.361 e. The van der Waals surface area contributed by atoms with Crippen LogP contribution in [0.15, 0.2) is 29.4 Å². The molecule has 1 aliphatic rings. The number of aliphatic imine (C=N–C) groups is 1. The molecule has 2 atom stereocenters. The van der Waals surface area contributed by atoms with Gasteiger partial charge in [0.05, 0.1) is 0 Å². The second-order valence-corrected chi connectivity index (χ2v) is 7.40. The van der Waals surface area contributed by atoms with Gasteiger partial charge in [-0.2, -0.15) is 11.8 Å². The lowest BCUT2D eigenvalue weighted by atomic mass is 10.1. The Balaban J connectivity index is 0.00000225. The fraction of sp³-hybridized carbons (Fsp3) is 0.500. The van der Waals surface area contributed by atoms with E-state index >= 15 is 0 Å². The molecule has 0 amide bonds. The van der Waals surface area contributed by atoms with Gasteiger partial charge in [-0.05, 0) is 55.7 Å². The van der Waals surface area contributed by atoms with Gasteiger partial charge in [0.1, 0.15) is 5.82 Å². The van der Waals surface area contributed by atoms with Crippen LogP contribution in [0.3, 0.4) is 0 Å². The van der Waals surface area contributed by atoms with Crippen molar-refractivity contribution in [3.05, 3.63) is 35.8 Å². The number of fused-ring (bicyclic) bond motifs is 1. The third-order valence-electron chi connectivity index (χ3n) is 4.70. The van der Waals surface area contributed by atoms with E-state index in [-0.39, 0.29) is 29.8 Å². The summed E-state index contributed by atoms with van der Waals surface area (Å²) in [5.41, 5.74) is 2.04. The molecule has 1 fully saturated rings. The van der Waals surface area contributed by atoms with Crippen molar-refractivity contribution in [3.8, 4) is 0 Å². The Morgan fingerprint density at radius 1 is 1.40 bits per heavy atom. The summed E-state index contributed by atoms with van der Waals surface area (Å²) in [6, 6.07) is 5.40. The van der Waals surface area contributed by atoms with Gasteiger partial charge in [0.15, 0.2) is 5.96 Å². The van der Waals surface area contributed by atoms with Gasteiger partial charge in [0.2, 0.25) is 0 Å². The smallest absolute Gasteiger partial charge is 0.191 e. The van der Waals surface area contributed by atoms with Gasteiger partial charge in [0.25, 0.3) is 0 Å². The summed E-state index contributed by atoms with van der Waals surface area (Å²) in [6.07, 6.45) is 8.71. The van der Waals surface area contributed by atoms with Crippen molar-refractivity contribution in [1.29, 1.82) is 0 Å². The van der Waals surface area contributed by atoms with Crippen LogP contribution < -0.4 is 10.6 Å². The molecule has 4 nitrogen and oxygen atoms in total. The standard InChI is InChI=1S/C18H25FN4S.HI/c1-20-18(23-14-4-5-15(10-14)24-2)21-8-7-12-11-22-17-9-13(19)3-6-16(12)17;/h3,6,9,11,14-15,22H,4-5,7-8,10H2,1-2H3,(H2,20,21,23);1H. The van der Waals surface area contributed by atoms with Crippen LogP contribution in [-0.4, -0.2) is 42.1 Å². The topological polar surface area (TPSA) is 52.2 Å². The first kappa shape index (κ1) is 20.4. The van der Waals surface area contributed by atoms with E-state index in [9.17, 15) is 4.39 Å². The van der Waals surface area contributed by atoms with Gasteiger partial charge in [-0.3, -0.25) is 4.99 Å². The summed E-state index contributed by atoms with van der Waals surface area (Å²) in [5, 5.41) is 8.76. The molecule has 2 aromatic rings. The molecule has 7 heteroatoms. The number of nitrogens with zero attached hydrogens (tertiary/aromatic N) is 1. The molecule has 0 bridgehead atoms. The predicted molar refractivity (Wildman–Crippen MR) is 117 cm³/mol. The molecule has 25 heavy (non-hydrogen) atoms. The minimum atomic E-state index is -0.210. The molecule has 1 aromatic heterocycles. The first-order chi connectivity index (χ1) is 11.7. The van der Waals surface area contributed by atoms with Crippen LogP contribution >= 0.6 is 35.7 Å². The molecule has 0 radical (unpaired) electrons. The highest BCUT2D eigenvalue weighted by Crippen LogP contribution is 2.28. The lowest BCUT2D eigenvalue weighted by molar-refractivity contribution is 0.615. The molecule has 0 saturated heterocycles. The van der Waals surface area contributed by atoms with Gasteiger partial charge >= 0.3 is 0 Å². The number of thioether (sulfide) groups is 1. The quantitative estimate of drug-likeness (QED) is 0.349. The average Bonchev–Trinajstić information content (AvgIpc) is 3.20. The summed E-state index contributed by atoms with van der Waals surface area (Å²) in [4.78, 5) is 7.46. The Hall–Kier alpha value is -0.960. The van der Waals surface area contributed by atoms with E-state index in [0.29, 0.717) is 6.04 Å². The Bertz CT molecular complexity index is 718. The van der Waals surface area contributed by atoms with Crippen LogP contribution in [0, 0.1) is 5.82 Å². The van der Waals surface area contributed by atoms with E-state index in [2.05, 4.69) is 26.9 Å². The molecule has 0 aliphatic heterocycles. The number of aromatic amines is 1. The SMILES string of the molecule is CN=C(NCCc1c[nH]c2cc(F)ccc12)NC1CCC(SC)C1.I. The zero-order chi connectivity index (χ0) is 16.9. The molecule has 2 unspecified atom stereocenters. The predicted octanol–water partition coefficient (Wildman–Crippen LogP) is 3.92. The molecule has 3 rings (SSSR count). The minimum absolute atomic E-state index is 0. The number of nitrogens with one attached hydrogen (secondary N) is 3. The minimum Gasteiger partial charge on any atom is -0.361 e. The van der Waals surface area contributed by atoms with E-state index in [1.807, 2.05) is 31.1 Å². The highest BCUT2D eigenvalue weighted by Gasteiger charge is 2.24. The number of H-pyrrole nitrogens is 1. The van der Waals surface area contributed by atoms with Crippen molar-refractivity contribution >= 4 is 52.6 Å². The van der Waals surface area contributed by atoms with E-state index < -0.39 is 0 Å². The Kier molecular flexibility index (Phi) is 7.86. The summed E-state index contributed by atoms with van der Waals surface area (Å²) in [5.74, 6) is 0.659. The molecule has 138 valence electrons. The van der Waals surface area contributed by atoms with Crippen molar-refractivity contribution in [2.45, 2.75) is 37.0 Å². The van der Waals surface area contributed by atoms with Crippen LogP contribution in [-0.2, 0) is 6.42 Å². The Morgan fingerprint density at radius 3 is 2.96 bits per heavy atom. The molecule has 3 N–H and O–H groups in total. The lowest BCUT2D eigenvalue weighted by Crippen LogP contribution is -2.43. The molecular formula is C18H26FIN4S. The van der Waals surface area contributed by atoms with Crippen molar-refractivity contribution in [2.75, 3.05) is 19.8 Å². The molecule has 1 aromatic carbocycles. The second kappa shape index (κ2) is 9.66. The van der Waals surface area contributed by atoms with Crippen molar-refractivity contribution in [2.24, 2.45) is 4.99 Å². The molecule has 1 saturated carbocycles. The maximum Gasteiger partial charge on any atom is 0.191 e. The molecule has 1 heterocycles. The van der Waals surface area contributed by atoms with Crippen LogP contribution in [0.1, 0.15) is 24.8 Å². The van der Waals surface area contributed by atoms with Gasteiger partial charge in [-0.15, -0.1) is 24.0 Å². The summed E-state index contributed by atoms with van der Waals surface area (Å²) in [7, 11) is 1.81. The number of aromatic nitrogens is 1. The van der Waals surface area contributed by atoms with Crippen LogP contribution in [0.25, 0.3) is 10.9 Å². The average molecular weight is 476 g/mol. The van der Waals surface area contributed by atoms with Crippen molar-refractivity contribution in [1.82, 2.24) is 15.6 Å². The first-order valence-electron chi connectivity index (χ1n) is 8.45. The van der Waals surface area contributed by atoms with E-state index in [0.717, 1.165) is 35.1 Å². The van der Waals surface area contributed by atoms with Gasteiger partial charge in [-0.25, -0.2) is 4.39 Å². The van der Waals surface area contributed by atoms with Crippen LogP contribution in [0.5, 0.6) is 0 Å². The number of benzene rings is 1. The number of hydrogen-bond acceptors (Lipinski definition) is 2. The zero-order valence-electron chi connectivity index (χ0n) is 14.6. The van der Waals surface area contributed by atoms with E-state index in [1.54, 1.807) is 0 Å². The highest BCUT2D eigenvalue weighted by atomic mass is 127. The van der Waals surface area contributed by atoms with Gasteiger partial charge in [-0.1, -0.05) is 0 Å². The van der Waals surface area contributed by atoms with Crippen molar-refractivity contribution < 1.29 is 4.39 Å². The summed E-state index contributed by atoms with van der Waals surface area (Å²) < 4.78 is 13.2. The van der Waals surface area contributed by atoms with Crippen molar-refractivity contribution in [3.63, 3.8) is 0 Å². The maximum atomic E-state index is 13.2. The van der Waals surface area contributed by atoms with Crippen LogP contribution in [0.4, 0.5) is 4.39 Å². The first-order valence-corrected chi connectivity index (χ1v) is 9.74. The normalized spacial score (nSPS) is 20.5. The van der Waals surface area contributed by atoms with E-state index in [4.69, 9.17) is 0 Å². The molecule has 0 spiro atoms. The fourth-order valence-corrected chi connectivity index (χ4v) is 4.15. The van der Waals surface area contributed by atoms with Gasteiger partial charge in [0, 0.05) is 42.0 Å². The third-order valence-corrected chi connectivity index (χ3v) is 5.79. The second-order valence-electron chi connectivity index (χ2n) is 6.26. The Morgan fingerprint density at radius 2 is 2.24 bits per heavy atom. The Labute approximate surface area is 169 Å². The molecular weight excluding hydrogens is 450 g/mol. The lowest BCUT2D eigenvalue weighted by Gasteiger charge is -2.17. The molecule has 1 aliphatic carbocycles. The summed E-state index contributed by atoms with van der Waals surface area (Å²) in [6.45, 7) is 0.794. The monoisotopic (exact) mass is 476 g/mol. The van der Waals surface area contributed by atoms with Gasteiger partial charge < -0.3 is 15.6 Å². The zero-order valence-corrected chi connectivity index (χ0v) is 17.8. The number of rotatable bonds is 5. The van der Waals surface area contributed by atoms with Crippen LogP contribution in [0.2, 0.25) is 0 Å². The summed E-state index contributed by atoms with van der Waals surface area (Å²) >= 11 is 1.96. The number of guanidine groups is 1. The number of halogens is 2. The highest BCUT2D eigenvalue weighted by molar-refractivity contribution is 14.0.